The summed E-state index contributed by atoms with van der Waals surface area (Å²) in [6, 6.07) is 0. The molecule has 2 unspecified atom stereocenters. The summed E-state index contributed by atoms with van der Waals surface area (Å²) < 4.78 is 67.9. The first kappa shape index (κ1) is 82.1. The van der Waals surface area contributed by atoms with Crippen molar-refractivity contribution in [1.82, 2.24) is 0 Å². The zero-order valence-electron chi connectivity index (χ0n) is 54.2. The number of carbonyl (C=O) groups excluding carboxylic acids is 4. The Morgan fingerprint density at radius 1 is 0.321 bits per heavy atom. The molecule has 0 amide bonds. The second-order valence-corrected chi connectivity index (χ2v) is 27.4. The molecule has 0 saturated carbocycles. The van der Waals surface area contributed by atoms with E-state index in [1.165, 1.54) is 135 Å². The molecule has 0 aliphatic heterocycles. The highest BCUT2D eigenvalue weighted by Crippen LogP contribution is 2.45. The summed E-state index contributed by atoms with van der Waals surface area (Å²) in [5, 5.41) is 10.5. The number of aliphatic hydroxyl groups is 1. The highest BCUT2D eigenvalue weighted by atomic mass is 31.2. The van der Waals surface area contributed by atoms with E-state index in [1.54, 1.807) is 0 Å². The van der Waals surface area contributed by atoms with Crippen LogP contribution in [0.4, 0.5) is 0 Å². The molecule has 0 aromatic carbocycles. The second kappa shape index (κ2) is 57.5. The number of aliphatic hydroxyl groups excluding tert-OH is 1. The van der Waals surface area contributed by atoms with Crippen molar-refractivity contribution in [3.8, 4) is 0 Å². The molecule has 0 heterocycles. The molecule has 5 atom stereocenters. The van der Waals surface area contributed by atoms with Gasteiger partial charge in [0.25, 0.3) is 0 Å². The zero-order valence-corrected chi connectivity index (χ0v) is 56.0. The molecule has 0 radical (unpaired) electrons. The molecule has 0 aliphatic rings. The first-order valence-electron chi connectivity index (χ1n) is 34.0. The maximum absolute atomic E-state index is 13.0. The molecule has 0 aromatic heterocycles. The van der Waals surface area contributed by atoms with Crippen LogP contribution < -0.4 is 0 Å². The second-order valence-electron chi connectivity index (χ2n) is 24.5. The van der Waals surface area contributed by atoms with Crippen molar-refractivity contribution in [2.45, 2.75) is 342 Å². The van der Waals surface area contributed by atoms with Crippen molar-refractivity contribution in [3.05, 3.63) is 0 Å². The number of ether oxygens (including phenoxy) is 4. The highest BCUT2D eigenvalue weighted by Gasteiger charge is 2.30. The average Bonchev–Trinajstić information content (AvgIpc) is 3.52. The number of hydrogen-bond donors (Lipinski definition) is 3. The Kier molecular flexibility index (Phi) is 56.2. The molecular formula is C65H126O17P2. The van der Waals surface area contributed by atoms with Gasteiger partial charge in [0.05, 0.1) is 26.4 Å². The van der Waals surface area contributed by atoms with Gasteiger partial charge in [-0.15, -0.1) is 0 Å². The third kappa shape index (κ3) is 59.0. The van der Waals surface area contributed by atoms with Crippen LogP contribution in [-0.2, 0) is 65.4 Å². The largest absolute Gasteiger partial charge is 0.472 e. The number of rotatable bonds is 64. The Bertz CT molecular complexity index is 1650. The highest BCUT2D eigenvalue weighted by molar-refractivity contribution is 7.47. The summed E-state index contributed by atoms with van der Waals surface area (Å²) in [5.41, 5.74) is 0. The van der Waals surface area contributed by atoms with Crippen LogP contribution in [0.2, 0.25) is 0 Å². The quantitative estimate of drug-likeness (QED) is 0.0222. The van der Waals surface area contributed by atoms with Gasteiger partial charge in [0.1, 0.15) is 19.3 Å². The smallest absolute Gasteiger partial charge is 0.462 e. The molecule has 498 valence electrons. The van der Waals surface area contributed by atoms with Gasteiger partial charge in [-0.1, -0.05) is 273 Å². The standard InChI is InChI=1S/C65H126O17P2/c1-7-9-11-13-14-15-16-17-18-22-25-30-36-42-48-63(68)76-54-61(82-64(69)49-43-37-31-26-23-20-19-21-24-28-34-39-45-57(3)4)56-80-84(73,74)78-52-59(66)51-77-83(71,72)79-55-60(53-75-62(67)47-41-33-12-10-8-2)81-65(70)50-44-38-32-27-29-35-40-46-58(5)6/h57-61,66H,7-56H2,1-6H3,(H,71,72)(H,73,74)/t59-,60+,61+/m0/s1. The predicted molar refractivity (Wildman–Crippen MR) is 335 cm³/mol. The fraction of sp³-hybridized carbons (Fsp3) is 0.938. The van der Waals surface area contributed by atoms with Crippen molar-refractivity contribution < 1.29 is 80.2 Å². The van der Waals surface area contributed by atoms with Crippen LogP contribution in [0, 0.1) is 11.8 Å². The number of phosphoric ester groups is 2. The summed E-state index contributed by atoms with van der Waals surface area (Å²) in [7, 11) is -9.88. The minimum atomic E-state index is -4.95. The first-order chi connectivity index (χ1) is 40.4. The van der Waals surface area contributed by atoms with Crippen LogP contribution in [0.15, 0.2) is 0 Å². The lowest BCUT2D eigenvalue weighted by atomic mass is 10.0. The average molecular weight is 1240 g/mol. The van der Waals surface area contributed by atoms with Gasteiger partial charge in [-0.25, -0.2) is 9.13 Å². The minimum Gasteiger partial charge on any atom is -0.462 e. The number of carbonyl (C=O) groups is 4. The van der Waals surface area contributed by atoms with E-state index < -0.39 is 97.5 Å². The van der Waals surface area contributed by atoms with Gasteiger partial charge < -0.3 is 33.8 Å². The number of esters is 4. The van der Waals surface area contributed by atoms with Crippen LogP contribution >= 0.6 is 15.6 Å². The van der Waals surface area contributed by atoms with Crippen LogP contribution in [0.3, 0.4) is 0 Å². The fourth-order valence-corrected chi connectivity index (χ4v) is 11.3. The van der Waals surface area contributed by atoms with Crippen LogP contribution in [-0.4, -0.2) is 96.7 Å². The van der Waals surface area contributed by atoms with E-state index in [-0.39, 0.29) is 25.7 Å². The number of phosphoric acid groups is 2. The maximum Gasteiger partial charge on any atom is 0.472 e. The minimum absolute atomic E-state index is 0.102. The van der Waals surface area contributed by atoms with E-state index in [1.807, 2.05) is 0 Å². The molecule has 0 bridgehead atoms. The molecule has 0 rings (SSSR count). The van der Waals surface area contributed by atoms with Crippen molar-refractivity contribution in [2.75, 3.05) is 39.6 Å². The van der Waals surface area contributed by atoms with Gasteiger partial charge in [0.15, 0.2) is 12.2 Å². The number of unbranched alkanes of at least 4 members (excludes halogenated alkanes) is 34. The Balaban J connectivity index is 5.17. The van der Waals surface area contributed by atoms with E-state index in [0.717, 1.165) is 102 Å². The lowest BCUT2D eigenvalue weighted by Gasteiger charge is -2.21. The molecule has 0 aliphatic carbocycles. The molecule has 0 fully saturated rings. The summed E-state index contributed by atoms with van der Waals surface area (Å²) in [6.07, 6.45) is 40.7. The molecule has 17 nitrogen and oxygen atoms in total. The molecular weight excluding hydrogens is 1110 g/mol. The Hall–Kier alpha value is -1.94. The molecule has 84 heavy (non-hydrogen) atoms. The van der Waals surface area contributed by atoms with E-state index in [0.29, 0.717) is 31.6 Å². The normalized spacial score (nSPS) is 14.3. The monoisotopic (exact) mass is 1240 g/mol. The lowest BCUT2D eigenvalue weighted by molar-refractivity contribution is -0.161. The third-order valence-corrected chi connectivity index (χ3v) is 16.9. The van der Waals surface area contributed by atoms with E-state index >= 15 is 0 Å². The van der Waals surface area contributed by atoms with E-state index in [9.17, 15) is 43.2 Å². The number of hydrogen-bond acceptors (Lipinski definition) is 15. The Morgan fingerprint density at radius 3 is 0.810 bits per heavy atom. The molecule has 19 heteroatoms. The van der Waals surface area contributed by atoms with Gasteiger partial charge in [0, 0.05) is 25.7 Å². The van der Waals surface area contributed by atoms with Crippen molar-refractivity contribution in [1.29, 1.82) is 0 Å². The molecule has 0 spiro atoms. The molecule has 0 saturated heterocycles. The zero-order chi connectivity index (χ0) is 62.2. The van der Waals surface area contributed by atoms with Gasteiger partial charge in [-0.05, 0) is 37.5 Å². The SMILES string of the molecule is CCCCCCCCCCCCCCCCC(=O)OC[C@H](COP(=O)(O)OC[C@@H](O)COP(=O)(O)OC[C@@H](COC(=O)CCCCCCC)OC(=O)CCCCCCCCCC(C)C)OC(=O)CCCCCCCCCCCCCCC(C)C. The molecule has 0 aromatic rings. The van der Waals surface area contributed by atoms with Gasteiger partial charge in [-0.2, -0.15) is 0 Å². The van der Waals surface area contributed by atoms with Crippen molar-refractivity contribution >= 4 is 39.5 Å². The fourth-order valence-electron chi connectivity index (χ4n) is 9.71. The Labute approximate surface area is 511 Å². The summed E-state index contributed by atoms with van der Waals surface area (Å²) in [6.45, 7) is 9.37. The summed E-state index contributed by atoms with van der Waals surface area (Å²) >= 11 is 0. The van der Waals surface area contributed by atoms with E-state index in [2.05, 4.69) is 41.5 Å². The summed E-state index contributed by atoms with van der Waals surface area (Å²) in [4.78, 5) is 72.0. The van der Waals surface area contributed by atoms with Gasteiger partial charge in [-0.3, -0.25) is 37.3 Å². The van der Waals surface area contributed by atoms with Crippen LogP contribution in [0.5, 0.6) is 0 Å². The maximum atomic E-state index is 13.0. The predicted octanol–water partition coefficient (Wildman–Crippen LogP) is 18.0. The van der Waals surface area contributed by atoms with Gasteiger partial charge >= 0.3 is 39.5 Å². The Morgan fingerprint density at radius 2 is 0.548 bits per heavy atom. The van der Waals surface area contributed by atoms with Crippen molar-refractivity contribution in [3.63, 3.8) is 0 Å². The third-order valence-electron chi connectivity index (χ3n) is 15.0. The first-order valence-corrected chi connectivity index (χ1v) is 37.0. The van der Waals surface area contributed by atoms with E-state index in [4.69, 9.17) is 37.0 Å². The molecule has 3 N–H and O–H groups in total. The summed E-state index contributed by atoms with van der Waals surface area (Å²) in [5.74, 6) is -0.671. The van der Waals surface area contributed by atoms with Crippen LogP contribution in [0.1, 0.15) is 324 Å². The lowest BCUT2D eigenvalue weighted by Crippen LogP contribution is -2.30. The van der Waals surface area contributed by atoms with Gasteiger partial charge in [0.2, 0.25) is 0 Å². The topological polar surface area (TPSA) is 237 Å². The van der Waals surface area contributed by atoms with Crippen molar-refractivity contribution in [2.24, 2.45) is 11.8 Å². The van der Waals surface area contributed by atoms with Crippen LogP contribution in [0.25, 0.3) is 0 Å².